The SMILES string of the molecule is CSC1CCCCC1n1c(=S)[nH]c2cc(Cl)ccc21. The zero-order chi connectivity index (χ0) is 13.4. The number of benzene rings is 1. The molecule has 0 saturated heterocycles. The number of hydrogen-bond acceptors (Lipinski definition) is 2. The van der Waals surface area contributed by atoms with Gasteiger partial charge in [-0.3, -0.25) is 0 Å². The first-order chi connectivity index (χ1) is 9.20. The Labute approximate surface area is 127 Å². The lowest BCUT2D eigenvalue weighted by atomic mass is 9.94. The van der Waals surface area contributed by atoms with Crippen molar-refractivity contribution in [2.24, 2.45) is 0 Å². The van der Waals surface area contributed by atoms with Crippen LogP contribution in [0.2, 0.25) is 5.02 Å². The number of fused-ring (bicyclic) bond motifs is 1. The summed E-state index contributed by atoms with van der Waals surface area (Å²) < 4.78 is 3.13. The Morgan fingerprint density at radius 2 is 2.16 bits per heavy atom. The smallest absolute Gasteiger partial charge is 0.178 e. The van der Waals surface area contributed by atoms with Gasteiger partial charge in [0.05, 0.1) is 11.0 Å². The summed E-state index contributed by atoms with van der Waals surface area (Å²) in [5.74, 6) is 0. The van der Waals surface area contributed by atoms with Crippen molar-refractivity contribution in [3.63, 3.8) is 0 Å². The minimum Gasteiger partial charge on any atom is -0.331 e. The second-order valence-corrected chi connectivity index (χ2v) is 6.99. The highest BCUT2D eigenvalue weighted by Crippen LogP contribution is 2.37. The third-order valence-electron chi connectivity index (χ3n) is 3.98. The molecule has 0 aliphatic heterocycles. The summed E-state index contributed by atoms with van der Waals surface area (Å²) in [6, 6.07) is 6.49. The lowest BCUT2D eigenvalue weighted by Gasteiger charge is -2.31. The number of hydrogen-bond donors (Lipinski definition) is 1. The molecule has 1 aromatic heterocycles. The molecule has 1 N–H and O–H groups in total. The average Bonchev–Trinajstić information content (AvgIpc) is 2.73. The first kappa shape index (κ1) is 13.5. The number of aromatic amines is 1. The molecule has 1 heterocycles. The van der Waals surface area contributed by atoms with Crippen LogP contribution in [0.3, 0.4) is 0 Å². The van der Waals surface area contributed by atoms with Crippen molar-refractivity contribution in [3.05, 3.63) is 28.0 Å². The zero-order valence-electron chi connectivity index (χ0n) is 10.9. The average molecular weight is 313 g/mol. The summed E-state index contributed by atoms with van der Waals surface area (Å²) >= 11 is 13.6. The first-order valence-electron chi connectivity index (χ1n) is 6.63. The predicted molar refractivity (Wildman–Crippen MR) is 86.9 cm³/mol. The maximum atomic E-state index is 6.05. The van der Waals surface area contributed by atoms with Crippen LogP contribution >= 0.6 is 35.6 Å². The molecule has 0 amide bonds. The third kappa shape index (κ3) is 2.46. The van der Waals surface area contributed by atoms with E-state index in [0.717, 1.165) is 15.3 Å². The molecule has 1 saturated carbocycles. The van der Waals surface area contributed by atoms with Gasteiger partial charge in [0, 0.05) is 16.3 Å². The highest BCUT2D eigenvalue weighted by molar-refractivity contribution is 7.99. The lowest BCUT2D eigenvalue weighted by Crippen LogP contribution is -2.25. The van der Waals surface area contributed by atoms with Crippen molar-refractivity contribution in [2.45, 2.75) is 37.0 Å². The number of nitrogens with one attached hydrogen (secondary N) is 1. The van der Waals surface area contributed by atoms with E-state index in [2.05, 4.69) is 21.9 Å². The van der Waals surface area contributed by atoms with Gasteiger partial charge >= 0.3 is 0 Å². The van der Waals surface area contributed by atoms with Crippen LogP contribution < -0.4 is 0 Å². The summed E-state index contributed by atoms with van der Waals surface area (Å²) in [7, 11) is 0. The quantitative estimate of drug-likeness (QED) is 0.769. The molecule has 0 radical (unpaired) electrons. The van der Waals surface area contributed by atoms with Gasteiger partial charge in [-0.2, -0.15) is 11.8 Å². The van der Waals surface area contributed by atoms with Crippen LogP contribution in [0.5, 0.6) is 0 Å². The van der Waals surface area contributed by atoms with Crippen LogP contribution in [0.1, 0.15) is 31.7 Å². The highest BCUT2D eigenvalue weighted by atomic mass is 35.5. The van der Waals surface area contributed by atoms with Gasteiger partial charge in [0.2, 0.25) is 0 Å². The molecule has 2 unspecified atom stereocenters. The number of rotatable bonds is 2. The van der Waals surface area contributed by atoms with Gasteiger partial charge in [-0.1, -0.05) is 24.4 Å². The van der Waals surface area contributed by atoms with Gasteiger partial charge in [0.15, 0.2) is 4.77 Å². The number of H-pyrrole nitrogens is 1. The van der Waals surface area contributed by atoms with Crippen molar-refractivity contribution >= 4 is 46.6 Å². The van der Waals surface area contributed by atoms with Crippen molar-refractivity contribution in [3.8, 4) is 0 Å². The molecule has 1 aliphatic rings. The Kier molecular flexibility index (Phi) is 3.92. The van der Waals surface area contributed by atoms with Gasteiger partial charge in [0.25, 0.3) is 0 Å². The molecule has 3 rings (SSSR count). The van der Waals surface area contributed by atoms with Crippen molar-refractivity contribution in [1.29, 1.82) is 0 Å². The lowest BCUT2D eigenvalue weighted by molar-refractivity contribution is 0.369. The van der Waals surface area contributed by atoms with Gasteiger partial charge in [-0.05, 0) is 49.5 Å². The number of thioether (sulfide) groups is 1. The fourth-order valence-corrected chi connectivity index (χ4v) is 4.57. The first-order valence-corrected chi connectivity index (χ1v) is 8.70. The Balaban J connectivity index is 2.13. The molecule has 0 bridgehead atoms. The molecule has 1 fully saturated rings. The standard InChI is InChI=1S/C14H17ClN2S2/c1-19-13-5-3-2-4-12(13)17-11-7-6-9(15)8-10(11)16-14(17)18/h6-8,12-13H,2-5H2,1H3,(H,16,18). The third-order valence-corrected chi connectivity index (χ3v) is 5.67. The minimum absolute atomic E-state index is 0.506. The van der Waals surface area contributed by atoms with Crippen LogP contribution in [0, 0.1) is 4.77 Å². The monoisotopic (exact) mass is 312 g/mol. The Hall–Kier alpha value is -0.450. The van der Waals surface area contributed by atoms with Crippen molar-refractivity contribution < 1.29 is 0 Å². The normalized spacial score (nSPS) is 23.9. The van der Waals surface area contributed by atoms with Crippen LogP contribution in [-0.4, -0.2) is 21.1 Å². The molecule has 2 aromatic rings. The van der Waals surface area contributed by atoms with E-state index >= 15 is 0 Å². The summed E-state index contributed by atoms with van der Waals surface area (Å²) in [4.78, 5) is 3.29. The van der Waals surface area contributed by atoms with E-state index in [-0.39, 0.29) is 0 Å². The van der Waals surface area contributed by atoms with E-state index in [1.165, 1.54) is 31.2 Å². The molecule has 5 heteroatoms. The summed E-state index contributed by atoms with van der Waals surface area (Å²) in [6.07, 6.45) is 7.34. The zero-order valence-corrected chi connectivity index (χ0v) is 13.2. The molecule has 19 heavy (non-hydrogen) atoms. The van der Waals surface area contributed by atoms with Gasteiger partial charge in [-0.15, -0.1) is 0 Å². The minimum atomic E-state index is 0.506. The molecule has 102 valence electrons. The number of nitrogens with zero attached hydrogens (tertiary/aromatic N) is 1. The van der Waals surface area contributed by atoms with E-state index < -0.39 is 0 Å². The van der Waals surface area contributed by atoms with Crippen LogP contribution in [0.25, 0.3) is 11.0 Å². The largest absolute Gasteiger partial charge is 0.331 e. The highest BCUT2D eigenvalue weighted by Gasteiger charge is 2.27. The molecule has 0 spiro atoms. The van der Waals surface area contributed by atoms with E-state index in [1.54, 1.807) is 0 Å². The Morgan fingerprint density at radius 3 is 2.95 bits per heavy atom. The predicted octanol–water partition coefficient (Wildman–Crippen LogP) is 5.20. The maximum Gasteiger partial charge on any atom is 0.178 e. The van der Waals surface area contributed by atoms with E-state index in [4.69, 9.17) is 23.8 Å². The van der Waals surface area contributed by atoms with Crippen molar-refractivity contribution in [1.82, 2.24) is 9.55 Å². The molecule has 1 aliphatic carbocycles. The van der Waals surface area contributed by atoms with Gasteiger partial charge in [0.1, 0.15) is 0 Å². The second-order valence-electron chi connectivity index (χ2n) is 5.09. The summed E-state index contributed by atoms with van der Waals surface area (Å²) in [5, 5.41) is 1.41. The van der Waals surface area contributed by atoms with Crippen LogP contribution in [0.15, 0.2) is 18.2 Å². The van der Waals surface area contributed by atoms with E-state index in [0.29, 0.717) is 11.3 Å². The topological polar surface area (TPSA) is 20.7 Å². The second kappa shape index (κ2) is 5.51. The summed E-state index contributed by atoms with van der Waals surface area (Å²) in [5.41, 5.74) is 2.23. The number of aromatic nitrogens is 2. The molecular formula is C14H17ClN2S2. The van der Waals surface area contributed by atoms with Crippen molar-refractivity contribution in [2.75, 3.05) is 6.26 Å². The van der Waals surface area contributed by atoms with Gasteiger partial charge < -0.3 is 9.55 Å². The molecule has 2 nitrogen and oxygen atoms in total. The molecular weight excluding hydrogens is 296 g/mol. The number of halogens is 1. The molecule has 1 aromatic carbocycles. The molecule has 2 atom stereocenters. The van der Waals surface area contributed by atoms with E-state index in [9.17, 15) is 0 Å². The number of imidazole rings is 1. The maximum absolute atomic E-state index is 6.05. The van der Waals surface area contributed by atoms with Crippen LogP contribution in [-0.2, 0) is 0 Å². The van der Waals surface area contributed by atoms with Crippen LogP contribution in [0.4, 0.5) is 0 Å². The summed E-state index contributed by atoms with van der Waals surface area (Å²) in [6.45, 7) is 0. The fraction of sp³-hybridized carbons (Fsp3) is 0.500. The fourth-order valence-electron chi connectivity index (χ4n) is 3.08. The van der Waals surface area contributed by atoms with E-state index in [1.807, 2.05) is 23.9 Å². The Morgan fingerprint density at radius 1 is 1.37 bits per heavy atom. The Bertz CT molecular complexity index is 646. The van der Waals surface area contributed by atoms with Gasteiger partial charge in [-0.25, -0.2) is 0 Å².